The van der Waals surface area contributed by atoms with Crippen LogP contribution in [0.3, 0.4) is 0 Å². The minimum absolute atomic E-state index is 0.0205. The number of hydrogen-bond donors (Lipinski definition) is 1. The summed E-state index contributed by atoms with van der Waals surface area (Å²) in [5, 5.41) is 3.34. The van der Waals surface area contributed by atoms with E-state index in [1.807, 2.05) is 6.07 Å². The first-order chi connectivity index (χ1) is 15.0. The van der Waals surface area contributed by atoms with Gasteiger partial charge < -0.3 is 14.8 Å². The highest BCUT2D eigenvalue weighted by Crippen LogP contribution is 2.40. The monoisotopic (exact) mass is 424 g/mol. The molecule has 0 aromatic heterocycles. The Balaban J connectivity index is 1.99. The number of amides is 1. The number of carbonyl (C=O) groups excluding carboxylic acids is 1. The van der Waals surface area contributed by atoms with Crippen LogP contribution in [-0.4, -0.2) is 37.6 Å². The van der Waals surface area contributed by atoms with Gasteiger partial charge in [-0.15, -0.1) is 0 Å². The van der Waals surface area contributed by atoms with Crippen molar-refractivity contribution in [1.82, 2.24) is 10.2 Å². The molecule has 0 saturated heterocycles. The quantitative estimate of drug-likeness (QED) is 0.631. The summed E-state index contributed by atoms with van der Waals surface area (Å²) in [6.07, 6.45) is 2.34. The standard InChI is InChI=1S/C26H36N2O3/c1-6-22(27-25(29)14-18(2)3)26-21-16-24(31-5)23(30-4)15-20(21)12-13-28(26)17-19-10-8-7-9-11-19/h7-11,15-16,18,22,26H,6,12-14,17H2,1-5H3,(H,27,29). The second-order valence-electron chi connectivity index (χ2n) is 8.74. The third-order valence-corrected chi connectivity index (χ3v) is 6.02. The first kappa shape index (κ1) is 23.1. The zero-order valence-corrected chi connectivity index (χ0v) is 19.5. The molecule has 0 aliphatic carbocycles. The minimum atomic E-state index is 0.0205. The van der Waals surface area contributed by atoms with E-state index in [2.05, 4.69) is 67.4 Å². The molecule has 0 bridgehead atoms. The van der Waals surface area contributed by atoms with E-state index in [4.69, 9.17) is 9.47 Å². The molecule has 0 saturated carbocycles. The number of nitrogens with one attached hydrogen (secondary N) is 1. The fourth-order valence-electron chi connectivity index (χ4n) is 4.54. The van der Waals surface area contributed by atoms with Crippen molar-refractivity contribution < 1.29 is 14.3 Å². The molecule has 168 valence electrons. The van der Waals surface area contributed by atoms with Crippen LogP contribution in [0.1, 0.15) is 56.3 Å². The van der Waals surface area contributed by atoms with Crippen molar-refractivity contribution in [1.29, 1.82) is 0 Å². The molecule has 5 heteroatoms. The van der Waals surface area contributed by atoms with Gasteiger partial charge in [-0.1, -0.05) is 51.1 Å². The number of carbonyl (C=O) groups is 1. The first-order valence-electron chi connectivity index (χ1n) is 11.3. The van der Waals surface area contributed by atoms with Gasteiger partial charge in [0.1, 0.15) is 0 Å². The molecule has 0 fully saturated rings. The predicted molar refractivity (Wildman–Crippen MR) is 125 cm³/mol. The van der Waals surface area contributed by atoms with Crippen LogP contribution in [-0.2, 0) is 17.8 Å². The molecular weight excluding hydrogens is 388 g/mol. The average Bonchev–Trinajstić information content (AvgIpc) is 2.76. The molecule has 5 nitrogen and oxygen atoms in total. The van der Waals surface area contributed by atoms with Gasteiger partial charge in [0, 0.05) is 25.6 Å². The topological polar surface area (TPSA) is 50.8 Å². The Hall–Kier alpha value is -2.53. The van der Waals surface area contributed by atoms with Gasteiger partial charge in [-0.3, -0.25) is 9.69 Å². The summed E-state index contributed by atoms with van der Waals surface area (Å²) in [6, 6.07) is 14.8. The van der Waals surface area contributed by atoms with Crippen LogP contribution in [0.5, 0.6) is 11.5 Å². The molecule has 2 aromatic carbocycles. The number of ether oxygens (including phenoxy) is 2. The van der Waals surface area contributed by atoms with Crippen molar-refractivity contribution in [2.24, 2.45) is 5.92 Å². The highest BCUT2D eigenvalue weighted by molar-refractivity contribution is 5.76. The summed E-state index contributed by atoms with van der Waals surface area (Å²) in [7, 11) is 3.35. The van der Waals surface area contributed by atoms with Crippen molar-refractivity contribution in [3.63, 3.8) is 0 Å². The maximum absolute atomic E-state index is 12.7. The van der Waals surface area contributed by atoms with Crippen LogP contribution in [0.15, 0.2) is 42.5 Å². The largest absolute Gasteiger partial charge is 0.493 e. The predicted octanol–water partition coefficient (Wildman–Crippen LogP) is 4.74. The van der Waals surface area contributed by atoms with E-state index in [9.17, 15) is 4.79 Å². The van der Waals surface area contributed by atoms with Crippen LogP contribution in [0.2, 0.25) is 0 Å². The van der Waals surface area contributed by atoms with Gasteiger partial charge in [0.25, 0.3) is 0 Å². The van der Waals surface area contributed by atoms with E-state index in [0.717, 1.165) is 37.4 Å². The summed E-state index contributed by atoms with van der Waals surface area (Å²) in [5.41, 5.74) is 3.76. The number of fused-ring (bicyclic) bond motifs is 1. The molecule has 0 spiro atoms. The Labute approximate surface area is 186 Å². The number of benzene rings is 2. The third-order valence-electron chi connectivity index (χ3n) is 6.02. The van der Waals surface area contributed by atoms with Crippen molar-refractivity contribution in [3.05, 3.63) is 59.2 Å². The third kappa shape index (κ3) is 5.59. The molecule has 1 aliphatic heterocycles. The van der Waals surface area contributed by atoms with E-state index < -0.39 is 0 Å². The lowest BCUT2D eigenvalue weighted by Gasteiger charge is -2.42. The van der Waals surface area contributed by atoms with Crippen molar-refractivity contribution in [2.75, 3.05) is 20.8 Å². The maximum Gasteiger partial charge on any atom is 0.220 e. The van der Waals surface area contributed by atoms with E-state index in [0.29, 0.717) is 12.3 Å². The molecular formula is C26H36N2O3. The lowest BCUT2D eigenvalue weighted by molar-refractivity contribution is -0.123. The number of methoxy groups -OCH3 is 2. The van der Waals surface area contributed by atoms with Gasteiger partial charge in [-0.25, -0.2) is 0 Å². The van der Waals surface area contributed by atoms with Crippen LogP contribution in [0.25, 0.3) is 0 Å². The fourth-order valence-corrected chi connectivity index (χ4v) is 4.54. The molecule has 1 heterocycles. The maximum atomic E-state index is 12.7. The molecule has 1 aliphatic rings. The average molecular weight is 425 g/mol. The van der Waals surface area contributed by atoms with Gasteiger partial charge in [0.05, 0.1) is 20.3 Å². The lowest BCUT2D eigenvalue weighted by Crippen LogP contribution is -2.48. The fraction of sp³-hybridized carbons (Fsp3) is 0.500. The molecule has 31 heavy (non-hydrogen) atoms. The van der Waals surface area contributed by atoms with E-state index in [-0.39, 0.29) is 18.0 Å². The number of nitrogens with zero attached hydrogens (tertiary/aromatic N) is 1. The van der Waals surface area contributed by atoms with Gasteiger partial charge in [0.2, 0.25) is 5.91 Å². The molecule has 1 N–H and O–H groups in total. The molecule has 2 unspecified atom stereocenters. The summed E-state index contributed by atoms with van der Waals surface area (Å²) in [5.74, 6) is 1.94. The highest BCUT2D eigenvalue weighted by Gasteiger charge is 2.35. The van der Waals surface area contributed by atoms with Crippen molar-refractivity contribution >= 4 is 5.91 Å². The summed E-state index contributed by atoms with van der Waals surface area (Å²) in [6.45, 7) is 8.08. The number of hydrogen-bond acceptors (Lipinski definition) is 4. The van der Waals surface area contributed by atoms with Gasteiger partial charge >= 0.3 is 0 Å². The first-order valence-corrected chi connectivity index (χ1v) is 11.3. The lowest BCUT2D eigenvalue weighted by atomic mass is 9.86. The van der Waals surface area contributed by atoms with Crippen molar-refractivity contribution in [2.45, 2.75) is 58.7 Å². The van der Waals surface area contributed by atoms with Crippen LogP contribution in [0, 0.1) is 5.92 Å². The highest BCUT2D eigenvalue weighted by atomic mass is 16.5. The van der Waals surface area contributed by atoms with Crippen LogP contribution >= 0.6 is 0 Å². The summed E-state index contributed by atoms with van der Waals surface area (Å²) >= 11 is 0. The van der Waals surface area contributed by atoms with E-state index in [1.165, 1.54) is 16.7 Å². The Kier molecular flexibility index (Phi) is 7.97. The van der Waals surface area contributed by atoms with Crippen LogP contribution < -0.4 is 14.8 Å². The molecule has 0 radical (unpaired) electrons. The SMILES string of the molecule is CCC(NC(=O)CC(C)C)C1c2cc(OC)c(OC)cc2CCN1Cc1ccccc1. The minimum Gasteiger partial charge on any atom is -0.493 e. The van der Waals surface area contributed by atoms with E-state index >= 15 is 0 Å². The summed E-state index contributed by atoms with van der Waals surface area (Å²) in [4.78, 5) is 15.2. The van der Waals surface area contributed by atoms with Gasteiger partial charge in [-0.2, -0.15) is 0 Å². The van der Waals surface area contributed by atoms with Crippen molar-refractivity contribution in [3.8, 4) is 11.5 Å². The zero-order chi connectivity index (χ0) is 22.4. The normalized spacial score (nSPS) is 17.2. The molecule has 2 aromatic rings. The second-order valence-corrected chi connectivity index (χ2v) is 8.74. The van der Waals surface area contributed by atoms with Gasteiger partial charge in [-0.05, 0) is 47.6 Å². The Morgan fingerprint density at radius 1 is 1.13 bits per heavy atom. The molecule has 2 atom stereocenters. The summed E-state index contributed by atoms with van der Waals surface area (Å²) < 4.78 is 11.2. The smallest absolute Gasteiger partial charge is 0.220 e. The zero-order valence-electron chi connectivity index (χ0n) is 19.5. The van der Waals surface area contributed by atoms with E-state index in [1.54, 1.807) is 14.2 Å². The Morgan fingerprint density at radius 2 is 1.81 bits per heavy atom. The molecule has 1 amide bonds. The van der Waals surface area contributed by atoms with Gasteiger partial charge in [0.15, 0.2) is 11.5 Å². The Morgan fingerprint density at radius 3 is 2.42 bits per heavy atom. The van der Waals surface area contributed by atoms with Crippen LogP contribution in [0.4, 0.5) is 0 Å². The number of rotatable bonds is 9. The Bertz CT molecular complexity index is 866. The molecule has 3 rings (SSSR count). The second kappa shape index (κ2) is 10.7.